The van der Waals surface area contributed by atoms with Crippen molar-refractivity contribution in [1.29, 1.82) is 0 Å². The second-order valence-corrected chi connectivity index (χ2v) is 9.89. The number of nitrogens with one attached hydrogen (secondary N) is 1. The fraction of sp³-hybridized carbons (Fsp3) is 0.333. The van der Waals surface area contributed by atoms with E-state index in [9.17, 15) is 18.0 Å². The average molecular weight is 486 g/mol. The summed E-state index contributed by atoms with van der Waals surface area (Å²) in [5.74, 6) is -0.913. The molecule has 0 aromatic heterocycles. The van der Waals surface area contributed by atoms with Gasteiger partial charge >= 0.3 is 0 Å². The van der Waals surface area contributed by atoms with Crippen LogP contribution in [0.2, 0.25) is 10.0 Å². The number of likely N-dealkylation sites (N-methyl/N-ethyl adjacent to an activating group) is 1. The van der Waals surface area contributed by atoms with Gasteiger partial charge in [-0.3, -0.25) is 13.9 Å². The molecule has 168 valence electrons. The number of hydrogen-bond acceptors (Lipinski definition) is 4. The van der Waals surface area contributed by atoms with Crippen LogP contribution in [-0.2, 0) is 26.2 Å². The van der Waals surface area contributed by atoms with Gasteiger partial charge in [0.05, 0.1) is 22.0 Å². The van der Waals surface area contributed by atoms with Gasteiger partial charge in [0.2, 0.25) is 21.8 Å². The minimum atomic E-state index is -3.75. The van der Waals surface area contributed by atoms with E-state index in [1.54, 1.807) is 43.3 Å². The maximum absolute atomic E-state index is 13.3. The predicted molar refractivity (Wildman–Crippen MR) is 124 cm³/mol. The van der Waals surface area contributed by atoms with Crippen LogP contribution in [0.25, 0.3) is 0 Å². The number of halogens is 2. The van der Waals surface area contributed by atoms with Crippen LogP contribution in [0.3, 0.4) is 0 Å². The quantitative estimate of drug-likeness (QED) is 0.621. The van der Waals surface area contributed by atoms with Crippen molar-refractivity contribution in [2.24, 2.45) is 0 Å². The highest BCUT2D eigenvalue weighted by molar-refractivity contribution is 7.92. The summed E-state index contributed by atoms with van der Waals surface area (Å²) in [5.41, 5.74) is 1.88. The molecule has 0 saturated heterocycles. The van der Waals surface area contributed by atoms with Crippen LogP contribution in [0, 0.1) is 6.92 Å². The van der Waals surface area contributed by atoms with E-state index in [0.717, 1.165) is 16.1 Å². The van der Waals surface area contributed by atoms with Crippen molar-refractivity contribution in [3.63, 3.8) is 0 Å². The molecule has 0 spiro atoms. The highest BCUT2D eigenvalue weighted by Gasteiger charge is 2.29. The van der Waals surface area contributed by atoms with Crippen LogP contribution in [0.4, 0.5) is 5.69 Å². The number of hydrogen-bond donors (Lipinski definition) is 1. The first-order valence-corrected chi connectivity index (χ1v) is 12.0. The smallest absolute Gasteiger partial charge is 0.244 e. The minimum Gasteiger partial charge on any atom is -0.357 e. The number of carbonyl (C=O) groups excluding carboxylic acids is 2. The normalized spacial score (nSPS) is 12.2. The zero-order valence-corrected chi connectivity index (χ0v) is 20.1. The fourth-order valence-corrected chi connectivity index (χ4v) is 4.19. The summed E-state index contributed by atoms with van der Waals surface area (Å²) < 4.78 is 25.9. The minimum absolute atomic E-state index is 0.0513. The van der Waals surface area contributed by atoms with Gasteiger partial charge in [0.25, 0.3) is 0 Å². The Balaban J connectivity index is 2.40. The Morgan fingerprint density at radius 3 is 2.32 bits per heavy atom. The van der Waals surface area contributed by atoms with Crippen molar-refractivity contribution in [3.8, 4) is 0 Å². The monoisotopic (exact) mass is 485 g/mol. The first-order chi connectivity index (χ1) is 14.4. The van der Waals surface area contributed by atoms with Gasteiger partial charge in [-0.25, -0.2) is 8.42 Å². The highest BCUT2D eigenvalue weighted by Crippen LogP contribution is 2.24. The Morgan fingerprint density at radius 1 is 1.10 bits per heavy atom. The van der Waals surface area contributed by atoms with Crippen LogP contribution >= 0.6 is 23.2 Å². The first-order valence-electron chi connectivity index (χ1n) is 9.43. The molecule has 0 radical (unpaired) electrons. The molecule has 2 amide bonds. The average Bonchev–Trinajstić information content (AvgIpc) is 2.70. The molecule has 2 aromatic rings. The van der Waals surface area contributed by atoms with Gasteiger partial charge in [-0.05, 0) is 49.2 Å². The molecular weight excluding hydrogens is 461 g/mol. The number of benzene rings is 2. The van der Waals surface area contributed by atoms with E-state index < -0.39 is 28.5 Å². The van der Waals surface area contributed by atoms with Gasteiger partial charge in [0, 0.05) is 13.6 Å². The third kappa shape index (κ3) is 6.59. The van der Waals surface area contributed by atoms with Gasteiger partial charge in [0.1, 0.15) is 12.6 Å². The molecule has 31 heavy (non-hydrogen) atoms. The third-order valence-electron chi connectivity index (χ3n) is 4.72. The van der Waals surface area contributed by atoms with E-state index in [2.05, 4.69) is 5.32 Å². The lowest BCUT2D eigenvalue weighted by molar-refractivity contribution is -0.139. The van der Waals surface area contributed by atoms with Crippen molar-refractivity contribution in [3.05, 3.63) is 63.6 Å². The molecule has 0 bridgehead atoms. The SMILES string of the molecule is CNC(=O)[C@H](C)N(Cc1ccc(Cl)c(Cl)c1)C(=O)CN(c1cccc(C)c1)S(C)(=O)=O. The van der Waals surface area contributed by atoms with Crippen LogP contribution < -0.4 is 9.62 Å². The Labute approximate surface area is 193 Å². The number of aryl methyl sites for hydroxylation is 1. The van der Waals surface area contributed by atoms with E-state index in [-0.39, 0.29) is 12.5 Å². The summed E-state index contributed by atoms with van der Waals surface area (Å²) in [6, 6.07) is 10.9. The lowest BCUT2D eigenvalue weighted by Gasteiger charge is -2.31. The molecule has 1 atom stereocenters. The molecular formula is C21H25Cl2N3O4S. The number of sulfonamides is 1. The van der Waals surface area contributed by atoms with E-state index in [4.69, 9.17) is 23.2 Å². The number of amides is 2. The fourth-order valence-electron chi connectivity index (χ4n) is 3.02. The second-order valence-electron chi connectivity index (χ2n) is 7.17. The van der Waals surface area contributed by atoms with Crippen molar-refractivity contribution in [2.75, 3.05) is 24.2 Å². The molecule has 0 unspecified atom stereocenters. The summed E-state index contributed by atoms with van der Waals surface area (Å²) in [5, 5.41) is 3.20. The Hall–Kier alpha value is -2.29. The Morgan fingerprint density at radius 2 is 1.77 bits per heavy atom. The molecule has 2 rings (SSSR count). The van der Waals surface area contributed by atoms with Crippen LogP contribution in [0.15, 0.2) is 42.5 Å². The zero-order valence-electron chi connectivity index (χ0n) is 17.7. The van der Waals surface area contributed by atoms with Crippen LogP contribution in [-0.4, -0.2) is 51.0 Å². The molecule has 0 aliphatic carbocycles. The molecule has 1 N–H and O–H groups in total. The number of rotatable bonds is 8. The maximum Gasteiger partial charge on any atom is 0.244 e. The predicted octanol–water partition coefficient (Wildman–Crippen LogP) is 3.23. The van der Waals surface area contributed by atoms with E-state index in [1.807, 2.05) is 13.0 Å². The van der Waals surface area contributed by atoms with E-state index in [1.165, 1.54) is 11.9 Å². The highest BCUT2D eigenvalue weighted by atomic mass is 35.5. The summed E-state index contributed by atoms with van der Waals surface area (Å²) in [6.45, 7) is 3.00. The molecule has 0 heterocycles. The maximum atomic E-state index is 13.3. The van der Waals surface area contributed by atoms with Crippen molar-refractivity contribution in [1.82, 2.24) is 10.2 Å². The second kappa shape index (κ2) is 10.3. The lowest BCUT2D eigenvalue weighted by atomic mass is 10.1. The van der Waals surface area contributed by atoms with Gasteiger partial charge in [-0.2, -0.15) is 0 Å². The molecule has 2 aromatic carbocycles. The number of carbonyl (C=O) groups is 2. The van der Waals surface area contributed by atoms with Crippen molar-refractivity contribution < 1.29 is 18.0 Å². The largest absolute Gasteiger partial charge is 0.357 e. The van der Waals surface area contributed by atoms with Gasteiger partial charge in [-0.1, -0.05) is 41.4 Å². The van der Waals surface area contributed by atoms with Crippen LogP contribution in [0.5, 0.6) is 0 Å². The Kier molecular flexibility index (Phi) is 8.34. The molecule has 0 aliphatic rings. The summed E-state index contributed by atoms with van der Waals surface area (Å²) >= 11 is 12.0. The lowest BCUT2D eigenvalue weighted by Crippen LogP contribution is -2.50. The van der Waals surface area contributed by atoms with E-state index in [0.29, 0.717) is 21.3 Å². The van der Waals surface area contributed by atoms with E-state index >= 15 is 0 Å². The topological polar surface area (TPSA) is 86.8 Å². The molecule has 0 aliphatic heterocycles. The third-order valence-corrected chi connectivity index (χ3v) is 6.60. The Bertz CT molecular complexity index is 1080. The standard InChI is InChI=1S/C21H25Cl2N3O4S/c1-14-6-5-7-17(10-14)26(31(4,29)30)13-20(27)25(15(2)21(28)24-3)12-16-8-9-18(22)19(23)11-16/h5-11,15H,12-13H2,1-4H3,(H,24,28)/t15-/m0/s1. The first kappa shape index (κ1) is 25.0. The molecule has 10 heteroatoms. The van der Waals surface area contributed by atoms with Gasteiger partial charge < -0.3 is 10.2 Å². The zero-order chi connectivity index (χ0) is 23.3. The summed E-state index contributed by atoms with van der Waals surface area (Å²) in [7, 11) is -2.28. The van der Waals surface area contributed by atoms with Gasteiger partial charge in [-0.15, -0.1) is 0 Å². The van der Waals surface area contributed by atoms with Gasteiger partial charge in [0.15, 0.2) is 0 Å². The molecule has 0 fully saturated rings. The van der Waals surface area contributed by atoms with Crippen molar-refractivity contribution >= 4 is 50.7 Å². The molecule has 7 nitrogen and oxygen atoms in total. The summed E-state index contributed by atoms with van der Waals surface area (Å²) in [6.07, 6.45) is 1.04. The molecule has 0 saturated carbocycles. The number of nitrogens with zero attached hydrogens (tertiary/aromatic N) is 2. The van der Waals surface area contributed by atoms with Crippen LogP contribution in [0.1, 0.15) is 18.1 Å². The van der Waals surface area contributed by atoms with Crippen molar-refractivity contribution in [2.45, 2.75) is 26.4 Å². The summed E-state index contributed by atoms with van der Waals surface area (Å²) in [4.78, 5) is 26.9. The number of anilines is 1.